The Labute approximate surface area is 107 Å². The minimum Gasteiger partial charge on any atom is -0.323 e. The average molecular weight is 265 g/mol. The van der Waals surface area contributed by atoms with Gasteiger partial charge in [-0.15, -0.1) is 0 Å². The quantitative estimate of drug-likeness (QED) is 0.906. The summed E-state index contributed by atoms with van der Waals surface area (Å²) in [4.78, 5) is 11.6. The Morgan fingerprint density at radius 2 is 1.74 bits per heavy atom. The van der Waals surface area contributed by atoms with Gasteiger partial charge in [0.15, 0.2) is 0 Å². The van der Waals surface area contributed by atoms with Crippen LogP contribution in [-0.4, -0.2) is 5.91 Å². The molecule has 0 aromatic heterocycles. The van der Waals surface area contributed by atoms with Gasteiger partial charge in [0.25, 0.3) is 0 Å². The maximum Gasteiger partial charge on any atom is 0.228 e. The Balaban J connectivity index is 2.08. The van der Waals surface area contributed by atoms with Crippen LogP contribution in [0.2, 0.25) is 0 Å². The minimum absolute atomic E-state index is 0.0232. The molecule has 98 valence electrons. The van der Waals surface area contributed by atoms with E-state index in [1.54, 1.807) is 6.07 Å². The lowest BCUT2D eigenvalue weighted by Crippen LogP contribution is -2.16. The van der Waals surface area contributed by atoms with Gasteiger partial charge >= 0.3 is 0 Å². The van der Waals surface area contributed by atoms with Crippen LogP contribution in [0, 0.1) is 17.5 Å². The highest BCUT2D eigenvalue weighted by Gasteiger charge is 2.11. The van der Waals surface area contributed by atoms with Crippen molar-refractivity contribution in [3.63, 3.8) is 0 Å². The molecule has 0 radical (unpaired) electrons. The second kappa shape index (κ2) is 5.56. The SMILES string of the molecule is O=C(Cc1ccc(F)cc1F)Nc1ccccc1F. The van der Waals surface area contributed by atoms with Gasteiger partial charge in [0.2, 0.25) is 5.91 Å². The van der Waals surface area contributed by atoms with Crippen LogP contribution in [-0.2, 0) is 11.2 Å². The van der Waals surface area contributed by atoms with Crippen molar-refractivity contribution in [3.8, 4) is 0 Å². The van der Waals surface area contributed by atoms with Crippen LogP contribution >= 0.6 is 0 Å². The maximum atomic E-state index is 13.3. The van der Waals surface area contributed by atoms with Crippen molar-refractivity contribution in [2.75, 3.05) is 5.32 Å². The van der Waals surface area contributed by atoms with Gasteiger partial charge in [-0.3, -0.25) is 4.79 Å². The standard InChI is InChI=1S/C14H10F3NO/c15-10-6-5-9(12(17)8-10)7-14(19)18-13-4-2-1-3-11(13)16/h1-6,8H,7H2,(H,18,19). The third-order valence-corrected chi connectivity index (χ3v) is 2.51. The predicted octanol–water partition coefficient (Wildman–Crippen LogP) is 3.29. The number of halogens is 3. The van der Waals surface area contributed by atoms with E-state index in [1.807, 2.05) is 0 Å². The summed E-state index contributed by atoms with van der Waals surface area (Å²) in [6.45, 7) is 0. The van der Waals surface area contributed by atoms with Crippen LogP contribution in [0.5, 0.6) is 0 Å². The van der Waals surface area contributed by atoms with Gasteiger partial charge in [-0.05, 0) is 23.8 Å². The molecule has 0 heterocycles. The van der Waals surface area contributed by atoms with Gasteiger partial charge in [-0.25, -0.2) is 13.2 Å². The summed E-state index contributed by atoms with van der Waals surface area (Å²) in [5.41, 5.74) is 0.0743. The molecule has 0 aliphatic heterocycles. The van der Waals surface area contributed by atoms with E-state index in [2.05, 4.69) is 5.32 Å². The van der Waals surface area contributed by atoms with E-state index >= 15 is 0 Å². The molecule has 0 atom stereocenters. The van der Waals surface area contributed by atoms with Crippen molar-refractivity contribution in [1.82, 2.24) is 0 Å². The Kier molecular flexibility index (Phi) is 3.85. The lowest BCUT2D eigenvalue weighted by atomic mass is 10.1. The number of carbonyl (C=O) groups excluding carboxylic acids is 1. The third-order valence-electron chi connectivity index (χ3n) is 2.51. The zero-order chi connectivity index (χ0) is 13.8. The molecule has 2 nitrogen and oxygen atoms in total. The molecule has 2 aromatic rings. The van der Waals surface area contributed by atoms with Crippen molar-refractivity contribution < 1.29 is 18.0 Å². The third kappa shape index (κ3) is 3.34. The van der Waals surface area contributed by atoms with Gasteiger partial charge in [-0.2, -0.15) is 0 Å². The fraction of sp³-hybridized carbons (Fsp3) is 0.0714. The topological polar surface area (TPSA) is 29.1 Å². The van der Waals surface area contributed by atoms with E-state index in [0.717, 1.165) is 6.07 Å². The molecule has 5 heteroatoms. The number of rotatable bonds is 3. The van der Waals surface area contributed by atoms with Gasteiger partial charge < -0.3 is 5.32 Å². The summed E-state index contributed by atoms with van der Waals surface area (Å²) in [5, 5.41) is 2.33. The molecule has 0 bridgehead atoms. The monoisotopic (exact) mass is 265 g/mol. The van der Waals surface area contributed by atoms with E-state index in [1.165, 1.54) is 24.3 Å². The normalized spacial score (nSPS) is 10.3. The second-order valence-corrected chi connectivity index (χ2v) is 3.94. The molecule has 2 rings (SSSR count). The van der Waals surface area contributed by atoms with Crippen molar-refractivity contribution >= 4 is 11.6 Å². The molecule has 0 saturated heterocycles. The highest BCUT2D eigenvalue weighted by Crippen LogP contribution is 2.14. The number of hydrogen-bond acceptors (Lipinski definition) is 1. The van der Waals surface area contributed by atoms with Gasteiger partial charge in [0.1, 0.15) is 17.5 Å². The fourth-order valence-corrected chi connectivity index (χ4v) is 1.60. The predicted molar refractivity (Wildman–Crippen MR) is 65.1 cm³/mol. The highest BCUT2D eigenvalue weighted by molar-refractivity contribution is 5.92. The maximum absolute atomic E-state index is 13.3. The summed E-state index contributed by atoms with van der Waals surface area (Å²) in [5.74, 6) is -2.66. The molecule has 1 amide bonds. The number of nitrogens with one attached hydrogen (secondary N) is 1. The zero-order valence-corrected chi connectivity index (χ0v) is 9.79. The first kappa shape index (κ1) is 13.1. The first-order valence-electron chi connectivity index (χ1n) is 5.54. The van der Waals surface area contributed by atoms with Crippen molar-refractivity contribution in [3.05, 3.63) is 65.5 Å². The van der Waals surface area contributed by atoms with Crippen LogP contribution in [0.4, 0.5) is 18.9 Å². The van der Waals surface area contributed by atoms with E-state index < -0.39 is 23.4 Å². The average Bonchev–Trinajstić information content (AvgIpc) is 2.36. The van der Waals surface area contributed by atoms with Crippen molar-refractivity contribution in [1.29, 1.82) is 0 Å². The minimum atomic E-state index is -0.802. The molecule has 0 spiro atoms. The number of anilines is 1. The molecular formula is C14H10F3NO. The van der Waals surface area contributed by atoms with Crippen LogP contribution in [0.3, 0.4) is 0 Å². The Hall–Kier alpha value is -2.30. The number of amides is 1. The lowest BCUT2D eigenvalue weighted by Gasteiger charge is -2.07. The molecule has 1 N–H and O–H groups in total. The first-order chi connectivity index (χ1) is 9.06. The Bertz CT molecular complexity index is 613. The van der Waals surface area contributed by atoms with E-state index in [0.29, 0.717) is 6.07 Å². The van der Waals surface area contributed by atoms with Crippen LogP contribution in [0.1, 0.15) is 5.56 Å². The molecule has 19 heavy (non-hydrogen) atoms. The number of carbonyl (C=O) groups is 1. The molecule has 0 saturated carbocycles. The van der Waals surface area contributed by atoms with Crippen molar-refractivity contribution in [2.24, 2.45) is 0 Å². The van der Waals surface area contributed by atoms with Gasteiger partial charge in [-0.1, -0.05) is 18.2 Å². The van der Waals surface area contributed by atoms with E-state index in [4.69, 9.17) is 0 Å². The lowest BCUT2D eigenvalue weighted by molar-refractivity contribution is -0.115. The number of hydrogen-bond donors (Lipinski definition) is 1. The Morgan fingerprint density at radius 3 is 2.42 bits per heavy atom. The Morgan fingerprint density at radius 1 is 1.00 bits per heavy atom. The van der Waals surface area contributed by atoms with Crippen molar-refractivity contribution in [2.45, 2.75) is 6.42 Å². The van der Waals surface area contributed by atoms with E-state index in [9.17, 15) is 18.0 Å². The van der Waals surface area contributed by atoms with Crippen LogP contribution in [0.15, 0.2) is 42.5 Å². The molecule has 2 aromatic carbocycles. The molecule has 0 aliphatic rings. The summed E-state index contributed by atoms with van der Waals surface area (Å²) in [6, 6.07) is 8.61. The van der Waals surface area contributed by atoms with Gasteiger partial charge in [0.05, 0.1) is 12.1 Å². The molecule has 0 unspecified atom stereocenters. The first-order valence-corrected chi connectivity index (χ1v) is 5.54. The number of para-hydroxylation sites is 1. The van der Waals surface area contributed by atoms with Crippen LogP contribution in [0.25, 0.3) is 0 Å². The summed E-state index contributed by atoms with van der Waals surface area (Å²) in [7, 11) is 0. The zero-order valence-electron chi connectivity index (χ0n) is 9.79. The van der Waals surface area contributed by atoms with Gasteiger partial charge in [0, 0.05) is 6.07 Å². The molecule has 0 fully saturated rings. The summed E-state index contributed by atoms with van der Waals surface area (Å²) in [6.07, 6.45) is -0.291. The second-order valence-electron chi connectivity index (χ2n) is 3.94. The highest BCUT2D eigenvalue weighted by atomic mass is 19.1. The number of benzene rings is 2. The fourth-order valence-electron chi connectivity index (χ4n) is 1.60. The summed E-state index contributed by atoms with van der Waals surface area (Å²) >= 11 is 0. The van der Waals surface area contributed by atoms with Crippen LogP contribution < -0.4 is 5.32 Å². The smallest absolute Gasteiger partial charge is 0.228 e. The largest absolute Gasteiger partial charge is 0.323 e. The van der Waals surface area contributed by atoms with E-state index in [-0.39, 0.29) is 17.7 Å². The summed E-state index contributed by atoms with van der Waals surface area (Å²) < 4.78 is 39.3. The molecule has 0 aliphatic carbocycles. The molecular weight excluding hydrogens is 255 g/mol.